The van der Waals surface area contributed by atoms with Crippen molar-refractivity contribution in [1.82, 2.24) is 0 Å². The Morgan fingerprint density at radius 1 is 1.44 bits per heavy atom. The number of hydrogen-bond donors (Lipinski definition) is 2. The number of aliphatic carboxylic acids is 1. The maximum absolute atomic E-state index is 10.8. The lowest BCUT2D eigenvalue weighted by molar-refractivity contribution is -0.137. The summed E-state index contributed by atoms with van der Waals surface area (Å²) < 4.78 is 0. The summed E-state index contributed by atoms with van der Waals surface area (Å²) in [5.41, 5.74) is 0.602. The van der Waals surface area contributed by atoms with Crippen LogP contribution in [0.25, 0.3) is 0 Å². The van der Waals surface area contributed by atoms with Crippen molar-refractivity contribution in [3.8, 4) is 5.75 Å². The zero-order chi connectivity index (χ0) is 12.3. The molecule has 0 heterocycles. The first-order valence-corrected chi connectivity index (χ1v) is 5.49. The topological polar surface area (TPSA) is 57.5 Å². The van der Waals surface area contributed by atoms with E-state index in [9.17, 15) is 9.90 Å². The molecule has 2 N–H and O–H groups in total. The third-order valence-corrected chi connectivity index (χ3v) is 2.82. The number of hydrogen-bond acceptors (Lipinski definition) is 2. The lowest BCUT2D eigenvalue weighted by Gasteiger charge is -2.20. The van der Waals surface area contributed by atoms with Gasteiger partial charge < -0.3 is 10.2 Å². The molecular formula is C12H15ClO3. The van der Waals surface area contributed by atoms with Crippen LogP contribution >= 0.6 is 11.6 Å². The third kappa shape index (κ3) is 3.14. The van der Waals surface area contributed by atoms with Crippen molar-refractivity contribution in [1.29, 1.82) is 0 Å². The van der Waals surface area contributed by atoms with Crippen LogP contribution in [0.4, 0.5) is 0 Å². The van der Waals surface area contributed by atoms with Crippen molar-refractivity contribution in [2.75, 3.05) is 0 Å². The molecule has 1 aromatic rings. The molecule has 1 aromatic carbocycles. The molecule has 4 heteroatoms. The minimum atomic E-state index is -0.877. The molecule has 0 fully saturated rings. The van der Waals surface area contributed by atoms with Gasteiger partial charge in [0.1, 0.15) is 5.75 Å². The van der Waals surface area contributed by atoms with E-state index >= 15 is 0 Å². The molecule has 3 nitrogen and oxygen atoms in total. The second-order valence-corrected chi connectivity index (χ2v) is 4.59. The van der Waals surface area contributed by atoms with Crippen LogP contribution in [0.1, 0.15) is 31.7 Å². The van der Waals surface area contributed by atoms with Crippen molar-refractivity contribution < 1.29 is 15.0 Å². The standard InChI is InChI=1S/C12H15ClO3/c1-7(2)9(6-12(15)16)10-5-8(13)3-4-11(10)14/h3-5,7,9,14H,6H2,1-2H3,(H,15,16). The molecule has 0 saturated heterocycles. The summed E-state index contributed by atoms with van der Waals surface area (Å²) >= 11 is 5.84. The van der Waals surface area contributed by atoms with Gasteiger partial charge in [-0.1, -0.05) is 25.4 Å². The first kappa shape index (κ1) is 12.8. The molecule has 0 aliphatic heterocycles. The number of carboxylic acids is 1. The molecular weight excluding hydrogens is 228 g/mol. The van der Waals surface area contributed by atoms with Gasteiger partial charge in [0.2, 0.25) is 0 Å². The summed E-state index contributed by atoms with van der Waals surface area (Å²) in [6, 6.07) is 4.71. The number of rotatable bonds is 4. The largest absolute Gasteiger partial charge is 0.508 e. The summed E-state index contributed by atoms with van der Waals surface area (Å²) in [4.78, 5) is 10.8. The molecule has 88 valence electrons. The van der Waals surface area contributed by atoms with Crippen LogP contribution in [-0.4, -0.2) is 16.2 Å². The minimum Gasteiger partial charge on any atom is -0.508 e. The Labute approximate surface area is 99.7 Å². The molecule has 0 aliphatic rings. The van der Waals surface area contributed by atoms with Gasteiger partial charge in [-0.05, 0) is 29.7 Å². The zero-order valence-corrected chi connectivity index (χ0v) is 10.0. The maximum atomic E-state index is 10.8. The average Bonchev–Trinajstić information content (AvgIpc) is 2.18. The Bertz CT molecular complexity index is 388. The Hall–Kier alpha value is -1.22. The summed E-state index contributed by atoms with van der Waals surface area (Å²) in [5.74, 6) is -0.876. The van der Waals surface area contributed by atoms with Crippen LogP contribution < -0.4 is 0 Å². The van der Waals surface area contributed by atoms with Crippen LogP contribution in [-0.2, 0) is 4.79 Å². The van der Waals surface area contributed by atoms with E-state index in [1.807, 2.05) is 13.8 Å². The number of halogens is 1. The van der Waals surface area contributed by atoms with Crippen molar-refractivity contribution in [3.05, 3.63) is 28.8 Å². The molecule has 0 saturated carbocycles. The van der Waals surface area contributed by atoms with E-state index in [4.69, 9.17) is 16.7 Å². The van der Waals surface area contributed by atoms with Crippen molar-refractivity contribution >= 4 is 17.6 Å². The molecule has 1 unspecified atom stereocenters. The summed E-state index contributed by atoms with van der Waals surface area (Å²) in [5, 5.41) is 19.1. The first-order valence-electron chi connectivity index (χ1n) is 5.12. The van der Waals surface area contributed by atoms with E-state index in [0.717, 1.165) is 0 Å². The second-order valence-electron chi connectivity index (χ2n) is 4.15. The maximum Gasteiger partial charge on any atom is 0.303 e. The fourth-order valence-corrected chi connectivity index (χ4v) is 1.90. The highest BCUT2D eigenvalue weighted by atomic mass is 35.5. The lowest BCUT2D eigenvalue weighted by atomic mass is 9.85. The van der Waals surface area contributed by atoms with Crippen LogP contribution in [0.3, 0.4) is 0 Å². The molecule has 16 heavy (non-hydrogen) atoms. The molecule has 0 radical (unpaired) electrons. The average molecular weight is 243 g/mol. The lowest BCUT2D eigenvalue weighted by Crippen LogP contribution is -2.12. The first-order chi connectivity index (χ1) is 7.41. The molecule has 0 aromatic heterocycles. The normalized spacial score (nSPS) is 12.8. The van der Waals surface area contributed by atoms with Crippen molar-refractivity contribution in [3.63, 3.8) is 0 Å². The van der Waals surface area contributed by atoms with Gasteiger partial charge in [-0.15, -0.1) is 0 Å². The Morgan fingerprint density at radius 3 is 2.56 bits per heavy atom. The van der Waals surface area contributed by atoms with Gasteiger partial charge in [-0.3, -0.25) is 4.79 Å². The highest BCUT2D eigenvalue weighted by Crippen LogP contribution is 2.35. The summed E-state index contributed by atoms with van der Waals surface area (Å²) in [7, 11) is 0. The number of phenols is 1. The Kier molecular flexibility index (Phi) is 4.19. The highest BCUT2D eigenvalue weighted by molar-refractivity contribution is 6.30. The fraction of sp³-hybridized carbons (Fsp3) is 0.417. The zero-order valence-electron chi connectivity index (χ0n) is 9.27. The molecule has 1 rings (SSSR count). The summed E-state index contributed by atoms with van der Waals surface area (Å²) in [6.45, 7) is 3.85. The molecule has 1 atom stereocenters. The van der Waals surface area contributed by atoms with Crippen LogP contribution in [0.2, 0.25) is 5.02 Å². The van der Waals surface area contributed by atoms with Crippen molar-refractivity contribution in [2.24, 2.45) is 5.92 Å². The predicted octanol–water partition coefficient (Wildman–Crippen LogP) is 3.26. The monoisotopic (exact) mass is 242 g/mol. The quantitative estimate of drug-likeness (QED) is 0.852. The smallest absolute Gasteiger partial charge is 0.303 e. The molecule has 0 spiro atoms. The van der Waals surface area contributed by atoms with E-state index in [2.05, 4.69) is 0 Å². The highest BCUT2D eigenvalue weighted by Gasteiger charge is 2.22. The van der Waals surface area contributed by atoms with Gasteiger partial charge in [-0.25, -0.2) is 0 Å². The number of aromatic hydroxyl groups is 1. The summed E-state index contributed by atoms with van der Waals surface area (Å²) in [6.07, 6.45) is -0.00836. The van der Waals surface area contributed by atoms with E-state index in [0.29, 0.717) is 10.6 Å². The molecule has 0 bridgehead atoms. The molecule has 0 amide bonds. The SMILES string of the molecule is CC(C)C(CC(=O)O)c1cc(Cl)ccc1O. The minimum absolute atomic E-state index is 0.00836. The van der Waals surface area contributed by atoms with Crippen molar-refractivity contribution in [2.45, 2.75) is 26.2 Å². The van der Waals surface area contributed by atoms with Gasteiger partial charge in [0.25, 0.3) is 0 Å². The van der Waals surface area contributed by atoms with Gasteiger partial charge in [-0.2, -0.15) is 0 Å². The van der Waals surface area contributed by atoms with Gasteiger partial charge >= 0.3 is 5.97 Å². The van der Waals surface area contributed by atoms with Gasteiger partial charge in [0, 0.05) is 10.9 Å². The van der Waals surface area contributed by atoms with Crippen LogP contribution in [0.15, 0.2) is 18.2 Å². The predicted molar refractivity (Wildman–Crippen MR) is 62.9 cm³/mol. The van der Waals surface area contributed by atoms with E-state index in [1.165, 1.54) is 6.07 Å². The van der Waals surface area contributed by atoms with E-state index in [-0.39, 0.29) is 24.0 Å². The number of benzene rings is 1. The third-order valence-electron chi connectivity index (χ3n) is 2.59. The van der Waals surface area contributed by atoms with Gasteiger partial charge in [0.05, 0.1) is 6.42 Å². The van der Waals surface area contributed by atoms with E-state index < -0.39 is 5.97 Å². The second kappa shape index (κ2) is 5.21. The van der Waals surface area contributed by atoms with Crippen LogP contribution in [0.5, 0.6) is 5.75 Å². The number of carboxylic acid groups (broad SMARTS) is 1. The molecule has 0 aliphatic carbocycles. The number of carbonyl (C=O) groups is 1. The Morgan fingerprint density at radius 2 is 2.06 bits per heavy atom. The fourth-order valence-electron chi connectivity index (χ4n) is 1.72. The number of phenolic OH excluding ortho intramolecular Hbond substituents is 1. The van der Waals surface area contributed by atoms with E-state index in [1.54, 1.807) is 12.1 Å². The van der Waals surface area contributed by atoms with Crippen LogP contribution in [0, 0.1) is 5.92 Å². The van der Waals surface area contributed by atoms with Gasteiger partial charge in [0.15, 0.2) is 0 Å². The Balaban J connectivity index is 3.09.